The second-order valence-electron chi connectivity index (χ2n) is 4.86. The van der Waals surface area contributed by atoms with Gasteiger partial charge < -0.3 is 0 Å². The van der Waals surface area contributed by atoms with Crippen molar-refractivity contribution in [1.82, 2.24) is 4.98 Å². The number of hydrogen-bond acceptors (Lipinski definition) is 4. The van der Waals surface area contributed by atoms with Crippen LogP contribution in [-0.4, -0.2) is 16.7 Å². The summed E-state index contributed by atoms with van der Waals surface area (Å²) in [5, 5.41) is 3.03. The molecule has 108 valence electrons. The van der Waals surface area contributed by atoms with E-state index >= 15 is 0 Å². The molecule has 4 nitrogen and oxygen atoms in total. The molecule has 1 aromatic carbocycles. The van der Waals surface area contributed by atoms with Crippen molar-refractivity contribution in [3.8, 4) is 0 Å². The van der Waals surface area contributed by atoms with Gasteiger partial charge in [0.1, 0.15) is 0 Å². The lowest BCUT2D eigenvalue weighted by Gasteiger charge is -2.14. The van der Waals surface area contributed by atoms with Crippen LogP contribution in [0.1, 0.15) is 34.4 Å². The summed E-state index contributed by atoms with van der Waals surface area (Å²) in [4.78, 5) is 30.2. The van der Waals surface area contributed by atoms with Gasteiger partial charge in [0.2, 0.25) is 0 Å². The van der Waals surface area contributed by atoms with E-state index in [0.717, 1.165) is 28.0 Å². The molecular weight excluding hydrogens is 352 g/mol. The smallest absolute Gasteiger partial charge is 0.299 e. The van der Waals surface area contributed by atoms with Gasteiger partial charge >= 0.3 is 0 Å². The number of anilines is 1. The van der Waals surface area contributed by atoms with E-state index in [-0.39, 0.29) is 0 Å². The van der Waals surface area contributed by atoms with Gasteiger partial charge in [0.25, 0.3) is 11.7 Å². The number of nitrogens with zero attached hydrogens (tertiary/aromatic N) is 2. The topological polar surface area (TPSA) is 50.3 Å². The molecule has 0 unspecified atom stereocenters. The van der Waals surface area contributed by atoms with E-state index in [1.165, 1.54) is 4.90 Å². The van der Waals surface area contributed by atoms with E-state index in [2.05, 4.69) is 27.8 Å². The third kappa shape index (κ3) is 2.65. The first-order valence-electron chi connectivity index (χ1n) is 6.69. The van der Waals surface area contributed by atoms with Gasteiger partial charge in [-0.15, -0.1) is 11.3 Å². The number of carbonyl (C=O) groups excluding carboxylic acids is 2. The van der Waals surface area contributed by atoms with Gasteiger partial charge in [0, 0.05) is 9.85 Å². The molecule has 0 radical (unpaired) electrons. The van der Waals surface area contributed by atoms with Crippen LogP contribution in [0.5, 0.6) is 0 Å². The highest BCUT2D eigenvalue weighted by Gasteiger charge is 2.36. The van der Waals surface area contributed by atoms with Crippen molar-refractivity contribution in [1.29, 1.82) is 0 Å². The standard InChI is InChI=1S/C15H13BrN2O2S/c1-2-3-13-17-10(8-21-13)7-18-12-5-4-9(16)6-11(12)14(19)15(18)20/h4-6,8H,2-3,7H2,1H3. The quantitative estimate of drug-likeness (QED) is 0.778. The zero-order chi connectivity index (χ0) is 15.0. The number of halogens is 1. The Hall–Kier alpha value is -1.53. The summed E-state index contributed by atoms with van der Waals surface area (Å²) in [5.74, 6) is -0.927. The van der Waals surface area contributed by atoms with Gasteiger partial charge in [-0.2, -0.15) is 0 Å². The Morgan fingerprint density at radius 3 is 2.90 bits per heavy atom. The molecule has 2 heterocycles. The van der Waals surface area contributed by atoms with Crippen LogP contribution in [-0.2, 0) is 17.8 Å². The molecule has 0 saturated heterocycles. The number of thiazole rings is 1. The Morgan fingerprint density at radius 1 is 1.33 bits per heavy atom. The van der Waals surface area contributed by atoms with Gasteiger partial charge in [-0.25, -0.2) is 4.98 Å². The van der Waals surface area contributed by atoms with E-state index < -0.39 is 11.7 Å². The molecule has 1 aliphatic rings. The number of aryl methyl sites for hydroxylation is 1. The third-order valence-electron chi connectivity index (χ3n) is 3.32. The van der Waals surface area contributed by atoms with Gasteiger partial charge in [-0.1, -0.05) is 22.9 Å². The molecule has 2 aromatic rings. The normalized spacial score (nSPS) is 13.9. The Morgan fingerprint density at radius 2 is 2.14 bits per heavy atom. The Labute approximate surface area is 134 Å². The summed E-state index contributed by atoms with van der Waals surface area (Å²) >= 11 is 4.93. The largest absolute Gasteiger partial charge is 0.299 e. The summed E-state index contributed by atoms with van der Waals surface area (Å²) in [6.45, 7) is 2.46. The highest BCUT2D eigenvalue weighted by Crippen LogP contribution is 2.32. The number of amides is 1. The van der Waals surface area contributed by atoms with Gasteiger partial charge in [0.15, 0.2) is 0 Å². The molecule has 0 atom stereocenters. The van der Waals surface area contributed by atoms with Gasteiger partial charge in [0.05, 0.1) is 28.5 Å². The van der Waals surface area contributed by atoms with Crippen LogP contribution in [0.2, 0.25) is 0 Å². The molecular formula is C15H13BrN2O2S. The minimum Gasteiger partial charge on any atom is -0.299 e. The van der Waals surface area contributed by atoms with Crippen molar-refractivity contribution in [3.63, 3.8) is 0 Å². The summed E-state index contributed by atoms with van der Waals surface area (Å²) in [7, 11) is 0. The van der Waals surface area contributed by atoms with E-state index in [0.29, 0.717) is 17.8 Å². The lowest BCUT2D eigenvalue weighted by molar-refractivity contribution is -0.114. The second-order valence-corrected chi connectivity index (χ2v) is 6.72. The maximum absolute atomic E-state index is 12.1. The molecule has 21 heavy (non-hydrogen) atoms. The first-order chi connectivity index (χ1) is 10.1. The van der Waals surface area contributed by atoms with Crippen molar-refractivity contribution in [2.45, 2.75) is 26.3 Å². The third-order valence-corrected chi connectivity index (χ3v) is 4.77. The molecule has 0 N–H and O–H groups in total. The number of benzene rings is 1. The summed E-state index contributed by atoms with van der Waals surface area (Å²) < 4.78 is 0.795. The number of fused-ring (bicyclic) bond motifs is 1. The lowest BCUT2D eigenvalue weighted by atomic mass is 10.1. The number of rotatable bonds is 4. The minimum atomic E-state index is -0.479. The van der Waals surface area contributed by atoms with Crippen LogP contribution < -0.4 is 4.90 Å². The molecule has 0 saturated carbocycles. The summed E-state index contributed by atoms with van der Waals surface area (Å²) in [5.41, 5.74) is 1.96. The first kappa shape index (κ1) is 14.4. The highest BCUT2D eigenvalue weighted by molar-refractivity contribution is 9.10. The Balaban J connectivity index is 1.89. The van der Waals surface area contributed by atoms with E-state index in [1.807, 2.05) is 11.4 Å². The van der Waals surface area contributed by atoms with Crippen molar-refractivity contribution < 1.29 is 9.59 Å². The second kappa shape index (κ2) is 5.69. The molecule has 0 aliphatic carbocycles. The molecule has 1 aromatic heterocycles. The van der Waals surface area contributed by atoms with Crippen LogP contribution in [0.3, 0.4) is 0 Å². The summed E-state index contributed by atoms with van der Waals surface area (Å²) in [6.07, 6.45) is 1.99. The van der Waals surface area contributed by atoms with E-state index in [9.17, 15) is 9.59 Å². The van der Waals surface area contributed by atoms with E-state index in [1.54, 1.807) is 23.5 Å². The first-order valence-corrected chi connectivity index (χ1v) is 8.36. The van der Waals surface area contributed by atoms with Crippen LogP contribution in [0.25, 0.3) is 0 Å². The number of ketones is 1. The van der Waals surface area contributed by atoms with E-state index in [4.69, 9.17) is 0 Å². The monoisotopic (exact) mass is 364 g/mol. The fraction of sp³-hybridized carbons (Fsp3) is 0.267. The average Bonchev–Trinajstić information content (AvgIpc) is 2.99. The molecule has 1 aliphatic heterocycles. The SMILES string of the molecule is CCCc1nc(CN2C(=O)C(=O)c3cc(Br)ccc32)cs1. The zero-order valence-corrected chi connectivity index (χ0v) is 13.8. The number of hydrogen-bond donors (Lipinski definition) is 0. The van der Waals surface area contributed by atoms with Crippen molar-refractivity contribution in [2.75, 3.05) is 4.90 Å². The van der Waals surface area contributed by atoms with Gasteiger partial charge in [-0.3, -0.25) is 14.5 Å². The Kier molecular flexibility index (Phi) is 3.91. The molecule has 0 fully saturated rings. The van der Waals surface area contributed by atoms with Crippen LogP contribution in [0, 0.1) is 0 Å². The summed E-state index contributed by atoms with van der Waals surface area (Å²) in [6, 6.07) is 5.32. The maximum Gasteiger partial charge on any atom is 0.299 e. The Bertz CT molecular complexity index is 726. The number of aromatic nitrogens is 1. The molecule has 3 rings (SSSR count). The molecule has 0 bridgehead atoms. The minimum absolute atomic E-state index is 0.347. The van der Waals surface area contributed by atoms with Crippen molar-refractivity contribution >= 4 is 44.6 Å². The predicted molar refractivity (Wildman–Crippen MR) is 85.8 cm³/mol. The molecule has 1 amide bonds. The zero-order valence-electron chi connectivity index (χ0n) is 11.4. The maximum atomic E-state index is 12.1. The number of Topliss-reactive ketones (excluding diaryl/α,β-unsaturated/α-hetero) is 1. The highest BCUT2D eigenvalue weighted by atomic mass is 79.9. The fourth-order valence-electron chi connectivity index (χ4n) is 2.34. The van der Waals surface area contributed by atoms with Crippen molar-refractivity contribution in [2.24, 2.45) is 0 Å². The van der Waals surface area contributed by atoms with Gasteiger partial charge in [-0.05, 0) is 31.0 Å². The average molecular weight is 365 g/mol. The van der Waals surface area contributed by atoms with Crippen LogP contribution >= 0.6 is 27.3 Å². The number of carbonyl (C=O) groups is 2. The van der Waals surface area contributed by atoms with Crippen LogP contribution in [0.15, 0.2) is 28.1 Å². The predicted octanol–water partition coefficient (Wildman–Crippen LogP) is 3.59. The van der Waals surface area contributed by atoms with Crippen molar-refractivity contribution in [3.05, 3.63) is 44.3 Å². The fourth-order valence-corrected chi connectivity index (χ4v) is 3.59. The lowest BCUT2D eigenvalue weighted by Crippen LogP contribution is -2.29. The molecule has 0 spiro atoms. The van der Waals surface area contributed by atoms with Crippen LogP contribution in [0.4, 0.5) is 5.69 Å². The molecule has 6 heteroatoms.